The van der Waals surface area contributed by atoms with E-state index in [2.05, 4.69) is 0 Å². The fourth-order valence-electron chi connectivity index (χ4n) is 1.44. The molecule has 1 aromatic rings. The third kappa shape index (κ3) is 3.62. The molecule has 0 bridgehead atoms. The molecule has 1 amide bonds. The molecule has 90 valence electrons. The fraction of sp³-hybridized carbons (Fsp3) is 0.333. The monoisotopic (exact) mass is 270 g/mol. The van der Waals surface area contributed by atoms with E-state index < -0.39 is 0 Å². The first-order chi connectivity index (χ1) is 8.10. The highest BCUT2D eigenvalue weighted by Gasteiger charge is 2.17. The van der Waals surface area contributed by atoms with Crippen molar-refractivity contribution in [2.75, 3.05) is 13.1 Å². The molecule has 1 aromatic carbocycles. The molecular formula is C12H12Cl2N2O. The third-order valence-electron chi connectivity index (χ3n) is 2.20. The quantitative estimate of drug-likeness (QED) is 0.788. The van der Waals surface area contributed by atoms with Gasteiger partial charge >= 0.3 is 0 Å². The van der Waals surface area contributed by atoms with Crippen LogP contribution in [0.3, 0.4) is 0 Å². The van der Waals surface area contributed by atoms with Gasteiger partial charge in [-0.05, 0) is 24.6 Å². The Balaban J connectivity index is 2.97. The fourth-order valence-corrected chi connectivity index (χ4v) is 1.93. The Kier molecular flexibility index (Phi) is 5.27. The minimum absolute atomic E-state index is 0.0611. The van der Waals surface area contributed by atoms with Gasteiger partial charge < -0.3 is 4.90 Å². The average molecular weight is 271 g/mol. The molecule has 0 atom stereocenters. The Hall–Kier alpha value is -1.24. The van der Waals surface area contributed by atoms with Crippen LogP contribution in [0.25, 0.3) is 0 Å². The standard InChI is InChI=1S/C12H12Cl2N2O/c1-2-6-16(7-5-15)12(17)10-4-3-9(13)8-11(10)14/h3-4,8H,2,6-7H2,1H3. The second-order valence-electron chi connectivity index (χ2n) is 3.51. The normalized spacial score (nSPS) is 9.76. The van der Waals surface area contributed by atoms with Crippen molar-refractivity contribution in [2.45, 2.75) is 13.3 Å². The minimum Gasteiger partial charge on any atom is -0.325 e. The number of carbonyl (C=O) groups is 1. The van der Waals surface area contributed by atoms with Crippen LogP contribution >= 0.6 is 23.2 Å². The zero-order valence-electron chi connectivity index (χ0n) is 9.41. The van der Waals surface area contributed by atoms with Gasteiger partial charge in [0.1, 0.15) is 6.54 Å². The number of amides is 1. The van der Waals surface area contributed by atoms with E-state index >= 15 is 0 Å². The first-order valence-electron chi connectivity index (χ1n) is 5.21. The van der Waals surface area contributed by atoms with Crippen LogP contribution in [0.4, 0.5) is 0 Å². The van der Waals surface area contributed by atoms with Crippen molar-refractivity contribution in [3.63, 3.8) is 0 Å². The molecule has 0 N–H and O–H groups in total. The summed E-state index contributed by atoms with van der Waals surface area (Å²) in [6.45, 7) is 2.54. The van der Waals surface area contributed by atoms with Crippen LogP contribution in [0.5, 0.6) is 0 Å². The molecule has 0 saturated carbocycles. The highest BCUT2D eigenvalue weighted by molar-refractivity contribution is 6.36. The lowest BCUT2D eigenvalue weighted by atomic mass is 10.2. The van der Waals surface area contributed by atoms with E-state index in [1.807, 2.05) is 13.0 Å². The maximum Gasteiger partial charge on any atom is 0.256 e. The topological polar surface area (TPSA) is 44.1 Å². The van der Waals surface area contributed by atoms with Crippen LogP contribution in [-0.2, 0) is 0 Å². The predicted molar refractivity (Wildman–Crippen MR) is 68.3 cm³/mol. The van der Waals surface area contributed by atoms with E-state index in [1.54, 1.807) is 12.1 Å². The number of hydrogen-bond acceptors (Lipinski definition) is 2. The van der Waals surface area contributed by atoms with Crippen molar-refractivity contribution < 1.29 is 4.79 Å². The number of halogens is 2. The molecule has 0 heterocycles. The van der Waals surface area contributed by atoms with E-state index in [9.17, 15) is 4.79 Å². The lowest BCUT2D eigenvalue weighted by Gasteiger charge is -2.19. The van der Waals surface area contributed by atoms with Crippen molar-refractivity contribution in [1.29, 1.82) is 5.26 Å². The Morgan fingerprint density at radius 3 is 2.71 bits per heavy atom. The van der Waals surface area contributed by atoms with Gasteiger partial charge in [-0.3, -0.25) is 4.79 Å². The van der Waals surface area contributed by atoms with Gasteiger partial charge in [0, 0.05) is 11.6 Å². The van der Waals surface area contributed by atoms with E-state index in [-0.39, 0.29) is 12.5 Å². The summed E-state index contributed by atoms with van der Waals surface area (Å²) in [7, 11) is 0. The molecule has 0 unspecified atom stereocenters. The summed E-state index contributed by atoms with van der Waals surface area (Å²) >= 11 is 11.7. The Morgan fingerprint density at radius 2 is 2.18 bits per heavy atom. The number of nitrogens with zero attached hydrogens (tertiary/aromatic N) is 2. The van der Waals surface area contributed by atoms with E-state index in [4.69, 9.17) is 28.5 Å². The zero-order chi connectivity index (χ0) is 12.8. The maximum absolute atomic E-state index is 12.1. The summed E-state index contributed by atoms with van der Waals surface area (Å²) in [5.41, 5.74) is 0.375. The molecule has 17 heavy (non-hydrogen) atoms. The summed E-state index contributed by atoms with van der Waals surface area (Å²) in [6.07, 6.45) is 0.790. The molecule has 3 nitrogen and oxygen atoms in total. The van der Waals surface area contributed by atoms with Gasteiger partial charge in [0.15, 0.2) is 0 Å². The van der Waals surface area contributed by atoms with Gasteiger partial charge in [0.25, 0.3) is 5.91 Å². The van der Waals surface area contributed by atoms with Gasteiger partial charge in [0.2, 0.25) is 0 Å². The highest BCUT2D eigenvalue weighted by atomic mass is 35.5. The second-order valence-corrected chi connectivity index (χ2v) is 4.35. The molecule has 0 aliphatic heterocycles. The van der Waals surface area contributed by atoms with Crippen molar-refractivity contribution >= 4 is 29.1 Å². The van der Waals surface area contributed by atoms with E-state index in [0.29, 0.717) is 22.2 Å². The molecule has 1 rings (SSSR count). The summed E-state index contributed by atoms with van der Waals surface area (Å²) in [4.78, 5) is 13.6. The number of benzene rings is 1. The predicted octanol–water partition coefficient (Wildman–Crippen LogP) is 3.37. The van der Waals surface area contributed by atoms with Crippen LogP contribution < -0.4 is 0 Å². The van der Waals surface area contributed by atoms with Crippen LogP contribution in [0.2, 0.25) is 10.0 Å². The summed E-state index contributed by atoms with van der Waals surface area (Å²) in [5, 5.41) is 9.46. The average Bonchev–Trinajstić information content (AvgIpc) is 2.28. The smallest absolute Gasteiger partial charge is 0.256 e. The lowest BCUT2D eigenvalue weighted by Crippen LogP contribution is -2.32. The number of hydrogen-bond donors (Lipinski definition) is 0. The number of carbonyl (C=O) groups excluding carboxylic acids is 1. The molecule has 0 saturated heterocycles. The first-order valence-corrected chi connectivity index (χ1v) is 5.97. The van der Waals surface area contributed by atoms with Crippen LogP contribution in [0.15, 0.2) is 18.2 Å². The summed E-state index contributed by atoms with van der Waals surface area (Å²) in [5.74, 6) is -0.241. The third-order valence-corrected chi connectivity index (χ3v) is 2.75. The van der Waals surface area contributed by atoms with Gasteiger partial charge in [-0.15, -0.1) is 0 Å². The van der Waals surface area contributed by atoms with E-state index in [1.165, 1.54) is 11.0 Å². The van der Waals surface area contributed by atoms with Crippen molar-refractivity contribution in [2.24, 2.45) is 0 Å². The molecule has 5 heteroatoms. The lowest BCUT2D eigenvalue weighted by molar-refractivity contribution is 0.0776. The van der Waals surface area contributed by atoms with Crippen LogP contribution in [0.1, 0.15) is 23.7 Å². The molecule has 0 aliphatic carbocycles. The summed E-state index contributed by atoms with van der Waals surface area (Å²) in [6, 6.07) is 6.68. The Morgan fingerprint density at radius 1 is 1.47 bits per heavy atom. The van der Waals surface area contributed by atoms with Crippen molar-refractivity contribution in [3.8, 4) is 6.07 Å². The van der Waals surface area contributed by atoms with Gasteiger partial charge in [-0.1, -0.05) is 30.1 Å². The maximum atomic E-state index is 12.1. The molecule has 0 spiro atoms. The largest absolute Gasteiger partial charge is 0.325 e. The van der Waals surface area contributed by atoms with Crippen LogP contribution in [-0.4, -0.2) is 23.9 Å². The van der Waals surface area contributed by atoms with Gasteiger partial charge in [-0.25, -0.2) is 0 Å². The second kappa shape index (κ2) is 6.48. The van der Waals surface area contributed by atoms with E-state index in [0.717, 1.165) is 6.42 Å². The number of rotatable bonds is 4. The van der Waals surface area contributed by atoms with Crippen LogP contribution in [0, 0.1) is 11.3 Å². The SMILES string of the molecule is CCCN(CC#N)C(=O)c1ccc(Cl)cc1Cl. The van der Waals surface area contributed by atoms with Gasteiger partial charge in [0.05, 0.1) is 16.7 Å². The van der Waals surface area contributed by atoms with Gasteiger partial charge in [-0.2, -0.15) is 5.26 Å². The Labute approximate surface area is 111 Å². The first kappa shape index (κ1) is 13.8. The highest BCUT2D eigenvalue weighted by Crippen LogP contribution is 2.22. The molecule has 0 aromatic heterocycles. The minimum atomic E-state index is -0.241. The Bertz CT molecular complexity index is 454. The molecular weight excluding hydrogens is 259 g/mol. The summed E-state index contributed by atoms with van der Waals surface area (Å²) < 4.78 is 0. The molecule has 0 radical (unpaired) electrons. The molecule has 0 aliphatic rings. The molecule has 0 fully saturated rings. The van der Waals surface area contributed by atoms with Crippen molar-refractivity contribution in [1.82, 2.24) is 4.90 Å². The number of nitriles is 1. The van der Waals surface area contributed by atoms with Crippen molar-refractivity contribution in [3.05, 3.63) is 33.8 Å². The zero-order valence-corrected chi connectivity index (χ0v) is 10.9.